The number of aryl methyl sites for hydroxylation is 2. The molecule has 0 amide bonds. The molecular weight excluding hydrogens is 438 g/mol. The van der Waals surface area contributed by atoms with Gasteiger partial charge in [0.05, 0.1) is 26.9 Å². The second kappa shape index (κ2) is 9.09. The molecule has 34 heavy (non-hydrogen) atoms. The molecule has 0 atom stereocenters. The molecule has 0 spiro atoms. The number of hydrogen-bond donors (Lipinski definition) is 1. The van der Waals surface area contributed by atoms with Crippen LogP contribution in [0.5, 0.6) is 17.2 Å². The molecule has 1 N–H and O–H groups in total. The molecule has 0 saturated heterocycles. The Hall–Kier alpha value is -4.01. The number of aromatic amines is 1. The van der Waals surface area contributed by atoms with Crippen LogP contribution in [0.3, 0.4) is 0 Å². The first-order valence-corrected chi connectivity index (χ1v) is 11.0. The molecule has 9 heteroatoms. The zero-order chi connectivity index (χ0) is 23.7. The van der Waals surface area contributed by atoms with Gasteiger partial charge in [0, 0.05) is 22.2 Å². The molecule has 9 nitrogen and oxygen atoms in total. The molecule has 0 radical (unpaired) electrons. The third-order valence-corrected chi connectivity index (χ3v) is 6.04. The van der Waals surface area contributed by atoms with E-state index >= 15 is 0 Å². The van der Waals surface area contributed by atoms with Crippen molar-refractivity contribution >= 4 is 16.9 Å². The average Bonchev–Trinajstić information content (AvgIpc) is 3.50. The number of rotatable bonds is 7. The van der Waals surface area contributed by atoms with Crippen molar-refractivity contribution in [3.05, 3.63) is 53.0 Å². The quantitative estimate of drug-likeness (QED) is 0.400. The summed E-state index contributed by atoms with van der Waals surface area (Å²) < 4.78 is 27.2. The number of carbonyl (C=O) groups is 1. The fraction of sp³-hybridized carbons (Fsp3) is 0.320. The van der Waals surface area contributed by atoms with Crippen molar-refractivity contribution < 1.29 is 28.2 Å². The Morgan fingerprint density at radius 3 is 2.50 bits per heavy atom. The van der Waals surface area contributed by atoms with Gasteiger partial charge in [0.15, 0.2) is 18.1 Å². The van der Waals surface area contributed by atoms with E-state index in [0.717, 1.165) is 23.7 Å². The highest BCUT2D eigenvalue weighted by Gasteiger charge is 2.20. The predicted octanol–water partition coefficient (Wildman–Crippen LogP) is 4.48. The molecule has 2 aromatic carbocycles. The molecule has 1 aliphatic carbocycles. The first-order valence-electron chi connectivity index (χ1n) is 11.0. The summed E-state index contributed by atoms with van der Waals surface area (Å²) >= 11 is 0. The number of benzene rings is 2. The SMILES string of the molecule is COc1cc(-c2nnc(COC(=O)c3ccc4[nH]c5c(c4c3)CCCC5)o2)cc(OC)c1OC. The Labute approximate surface area is 196 Å². The average molecular weight is 463 g/mol. The lowest BCUT2D eigenvalue weighted by atomic mass is 9.95. The van der Waals surface area contributed by atoms with E-state index in [-0.39, 0.29) is 18.4 Å². The van der Waals surface area contributed by atoms with E-state index in [9.17, 15) is 4.79 Å². The number of carbonyl (C=O) groups excluding carboxylic acids is 1. The lowest BCUT2D eigenvalue weighted by Gasteiger charge is -2.12. The van der Waals surface area contributed by atoms with E-state index in [1.807, 2.05) is 12.1 Å². The van der Waals surface area contributed by atoms with Crippen LogP contribution in [0.1, 0.15) is 40.3 Å². The van der Waals surface area contributed by atoms with Crippen molar-refractivity contribution in [2.45, 2.75) is 32.3 Å². The summed E-state index contributed by atoms with van der Waals surface area (Å²) in [7, 11) is 4.59. The van der Waals surface area contributed by atoms with E-state index in [1.54, 1.807) is 18.2 Å². The highest BCUT2D eigenvalue weighted by atomic mass is 16.5. The van der Waals surface area contributed by atoms with Gasteiger partial charge in [-0.3, -0.25) is 0 Å². The van der Waals surface area contributed by atoms with Crippen LogP contribution in [0, 0.1) is 0 Å². The van der Waals surface area contributed by atoms with Gasteiger partial charge in [-0.2, -0.15) is 0 Å². The van der Waals surface area contributed by atoms with Gasteiger partial charge >= 0.3 is 5.97 Å². The maximum Gasteiger partial charge on any atom is 0.338 e. The monoisotopic (exact) mass is 463 g/mol. The van der Waals surface area contributed by atoms with Crippen molar-refractivity contribution in [2.24, 2.45) is 0 Å². The lowest BCUT2D eigenvalue weighted by Crippen LogP contribution is -2.05. The molecule has 0 saturated carbocycles. The normalized spacial score (nSPS) is 12.9. The minimum atomic E-state index is -0.444. The van der Waals surface area contributed by atoms with Crippen LogP contribution in [0.25, 0.3) is 22.4 Å². The molecule has 0 bridgehead atoms. The van der Waals surface area contributed by atoms with E-state index in [0.29, 0.717) is 28.4 Å². The summed E-state index contributed by atoms with van der Waals surface area (Å²) in [5.74, 6) is 1.36. The summed E-state index contributed by atoms with van der Waals surface area (Å²) in [5.41, 5.74) is 4.71. The van der Waals surface area contributed by atoms with Crippen molar-refractivity contribution in [3.8, 4) is 28.7 Å². The zero-order valence-corrected chi connectivity index (χ0v) is 19.3. The molecule has 0 aliphatic heterocycles. The first kappa shape index (κ1) is 21.8. The van der Waals surface area contributed by atoms with Gasteiger partial charge in [-0.15, -0.1) is 10.2 Å². The molecular formula is C25H25N3O6. The third kappa shape index (κ3) is 3.93. The van der Waals surface area contributed by atoms with Crippen molar-refractivity contribution in [1.29, 1.82) is 0 Å². The highest BCUT2D eigenvalue weighted by molar-refractivity contribution is 5.96. The summed E-state index contributed by atoms with van der Waals surface area (Å²) in [6, 6.07) is 9.00. The highest BCUT2D eigenvalue weighted by Crippen LogP contribution is 2.41. The maximum absolute atomic E-state index is 12.7. The number of nitrogens with zero attached hydrogens (tertiary/aromatic N) is 2. The predicted molar refractivity (Wildman–Crippen MR) is 123 cm³/mol. The van der Waals surface area contributed by atoms with Crippen LogP contribution in [-0.2, 0) is 24.2 Å². The number of H-pyrrole nitrogens is 1. The molecule has 0 unspecified atom stereocenters. The van der Waals surface area contributed by atoms with Crippen LogP contribution in [-0.4, -0.2) is 42.5 Å². The summed E-state index contributed by atoms with van der Waals surface area (Å²) in [5, 5.41) is 9.15. The van der Waals surface area contributed by atoms with Crippen LogP contribution in [0.2, 0.25) is 0 Å². The molecule has 4 aromatic rings. The number of ether oxygens (including phenoxy) is 4. The van der Waals surface area contributed by atoms with Gasteiger partial charge in [0.25, 0.3) is 5.89 Å². The summed E-state index contributed by atoms with van der Waals surface area (Å²) in [6.45, 7) is -0.139. The molecule has 176 valence electrons. The van der Waals surface area contributed by atoms with Gasteiger partial charge in [-0.05, 0) is 61.6 Å². The standard InChI is InChI=1S/C25H25N3O6/c1-30-20-11-15(12-21(31-2)23(20)32-3)24-28-27-22(34-24)13-33-25(29)14-8-9-19-17(10-14)16-6-4-5-7-18(16)26-19/h8-12,26H,4-7,13H2,1-3H3. The van der Waals surface area contributed by atoms with Crippen molar-refractivity contribution in [2.75, 3.05) is 21.3 Å². The van der Waals surface area contributed by atoms with Crippen molar-refractivity contribution in [1.82, 2.24) is 15.2 Å². The van der Waals surface area contributed by atoms with Gasteiger partial charge in [-0.25, -0.2) is 4.79 Å². The number of hydrogen-bond acceptors (Lipinski definition) is 8. The zero-order valence-electron chi connectivity index (χ0n) is 19.3. The smallest absolute Gasteiger partial charge is 0.338 e. The van der Waals surface area contributed by atoms with E-state index in [2.05, 4.69) is 15.2 Å². The fourth-order valence-corrected chi connectivity index (χ4v) is 4.38. The number of nitrogens with one attached hydrogen (secondary N) is 1. The first-order chi connectivity index (χ1) is 16.6. The van der Waals surface area contributed by atoms with Gasteiger partial charge < -0.3 is 28.3 Å². The Morgan fingerprint density at radius 2 is 1.76 bits per heavy atom. The fourth-order valence-electron chi connectivity index (χ4n) is 4.38. The van der Waals surface area contributed by atoms with E-state index in [4.69, 9.17) is 23.4 Å². The third-order valence-electron chi connectivity index (χ3n) is 6.04. The van der Waals surface area contributed by atoms with Crippen LogP contribution in [0.4, 0.5) is 0 Å². The second-order valence-electron chi connectivity index (χ2n) is 8.04. The molecule has 2 aromatic heterocycles. The van der Waals surface area contributed by atoms with E-state index in [1.165, 1.54) is 45.4 Å². The Bertz CT molecular complexity index is 1330. The molecule has 2 heterocycles. The Balaban J connectivity index is 1.31. The maximum atomic E-state index is 12.7. The topological polar surface area (TPSA) is 109 Å². The molecule has 1 aliphatic rings. The minimum absolute atomic E-state index is 0.139. The van der Waals surface area contributed by atoms with Gasteiger partial charge in [-0.1, -0.05) is 0 Å². The number of esters is 1. The van der Waals surface area contributed by atoms with Gasteiger partial charge in [0.2, 0.25) is 11.6 Å². The molecule has 0 fully saturated rings. The number of fused-ring (bicyclic) bond motifs is 3. The van der Waals surface area contributed by atoms with Crippen LogP contribution in [0.15, 0.2) is 34.7 Å². The summed E-state index contributed by atoms with van der Waals surface area (Å²) in [4.78, 5) is 16.2. The second-order valence-corrected chi connectivity index (χ2v) is 8.04. The summed E-state index contributed by atoms with van der Waals surface area (Å²) in [6.07, 6.45) is 4.44. The Morgan fingerprint density at radius 1 is 1.00 bits per heavy atom. The lowest BCUT2D eigenvalue weighted by molar-refractivity contribution is 0.0439. The van der Waals surface area contributed by atoms with Crippen LogP contribution < -0.4 is 14.2 Å². The van der Waals surface area contributed by atoms with Crippen molar-refractivity contribution in [3.63, 3.8) is 0 Å². The van der Waals surface area contributed by atoms with Crippen LogP contribution >= 0.6 is 0 Å². The Kier molecular flexibility index (Phi) is 5.83. The number of methoxy groups -OCH3 is 3. The molecule has 5 rings (SSSR count). The van der Waals surface area contributed by atoms with Gasteiger partial charge in [0.1, 0.15) is 0 Å². The largest absolute Gasteiger partial charge is 0.493 e. The van der Waals surface area contributed by atoms with E-state index < -0.39 is 5.97 Å². The number of aromatic nitrogens is 3. The minimum Gasteiger partial charge on any atom is -0.493 e.